The van der Waals surface area contributed by atoms with E-state index in [0.717, 1.165) is 15.9 Å². The van der Waals surface area contributed by atoms with Crippen LogP contribution in [0.15, 0.2) is 27.6 Å². The number of carbonyl (C=O) groups is 1. The molecule has 3 N–H and O–H groups in total. The van der Waals surface area contributed by atoms with E-state index in [9.17, 15) is 4.79 Å². The van der Waals surface area contributed by atoms with Crippen LogP contribution in [0.3, 0.4) is 0 Å². The maximum atomic E-state index is 10.9. The third-order valence-corrected chi connectivity index (χ3v) is 4.22. The Morgan fingerprint density at radius 1 is 1.61 bits per heavy atom. The van der Waals surface area contributed by atoms with Crippen LogP contribution in [0.1, 0.15) is 23.9 Å². The van der Waals surface area contributed by atoms with E-state index in [1.807, 2.05) is 10.8 Å². The van der Waals surface area contributed by atoms with E-state index in [1.54, 1.807) is 23.7 Å². The molecule has 0 fully saturated rings. The second-order valence-electron chi connectivity index (χ2n) is 3.74. The quantitative estimate of drug-likeness (QED) is 0.761. The molecule has 2 aromatic rings. The van der Waals surface area contributed by atoms with Crippen LogP contribution in [0.5, 0.6) is 0 Å². The summed E-state index contributed by atoms with van der Waals surface area (Å²) in [6, 6.07) is -0.228. The van der Waals surface area contributed by atoms with Gasteiger partial charge in [0.15, 0.2) is 0 Å². The summed E-state index contributed by atoms with van der Waals surface area (Å²) in [7, 11) is 0. The predicted molar refractivity (Wildman–Crippen MR) is 72.4 cm³/mol. The molecule has 0 aliphatic rings. The summed E-state index contributed by atoms with van der Waals surface area (Å²) in [4.78, 5) is 18.0. The van der Waals surface area contributed by atoms with Crippen molar-refractivity contribution in [1.82, 2.24) is 15.3 Å². The van der Waals surface area contributed by atoms with Gasteiger partial charge in [0.25, 0.3) is 0 Å². The molecule has 0 saturated carbocycles. The van der Waals surface area contributed by atoms with Gasteiger partial charge < -0.3 is 15.4 Å². The lowest BCUT2D eigenvalue weighted by atomic mass is 10.1. The molecule has 96 valence electrons. The second-order valence-corrected chi connectivity index (χ2v) is 5.34. The first kappa shape index (κ1) is 13.3. The lowest BCUT2D eigenvalue weighted by molar-refractivity contribution is -0.137. The van der Waals surface area contributed by atoms with Crippen LogP contribution >= 0.6 is 27.3 Å². The Balaban J connectivity index is 2.06. The van der Waals surface area contributed by atoms with E-state index in [4.69, 9.17) is 5.11 Å². The van der Waals surface area contributed by atoms with Gasteiger partial charge in [0.1, 0.15) is 5.82 Å². The number of hydrogen-bond acceptors (Lipinski definition) is 4. The minimum Gasteiger partial charge on any atom is -0.481 e. The van der Waals surface area contributed by atoms with Crippen molar-refractivity contribution < 1.29 is 9.90 Å². The van der Waals surface area contributed by atoms with Crippen molar-refractivity contribution >= 4 is 33.2 Å². The van der Waals surface area contributed by atoms with Gasteiger partial charge in [-0.05, 0) is 26.9 Å². The number of halogens is 1. The van der Waals surface area contributed by atoms with Crippen molar-refractivity contribution in [1.29, 1.82) is 0 Å². The largest absolute Gasteiger partial charge is 0.481 e. The van der Waals surface area contributed by atoms with Gasteiger partial charge in [-0.3, -0.25) is 4.79 Å². The zero-order valence-electron chi connectivity index (χ0n) is 9.39. The average molecular weight is 330 g/mol. The molecule has 2 rings (SSSR count). The number of aromatic amines is 1. The lowest BCUT2D eigenvalue weighted by Gasteiger charge is -2.15. The van der Waals surface area contributed by atoms with E-state index in [0.29, 0.717) is 6.54 Å². The molecule has 0 aliphatic carbocycles. The van der Waals surface area contributed by atoms with Crippen molar-refractivity contribution in [3.8, 4) is 0 Å². The van der Waals surface area contributed by atoms with Gasteiger partial charge in [0.05, 0.1) is 13.0 Å². The Morgan fingerprint density at radius 2 is 2.44 bits per heavy atom. The first-order valence-corrected chi connectivity index (χ1v) is 7.05. The predicted octanol–water partition coefficient (Wildman–Crippen LogP) is 2.54. The number of thiophene rings is 1. The molecule has 2 aromatic heterocycles. The third kappa shape index (κ3) is 3.41. The molecule has 7 heteroatoms. The van der Waals surface area contributed by atoms with Crippen molar-refractivity contribution in [3.63, 3.8) is 0 Å². The molecule has 1 atom stereocenters. The molecule has 18 heavy (non-hydrogen) atoms. The number of hydrogen-bond donors (Lipinski definition) is 3. The number of rotatable bonds is 6. The van der Waals surface area contributed by atoms with Gasteiger partial charge in [-0.15, -0.1) is 0 Å². The van der Waals surface area contributed by atoms with E-state index in [2.05, 4.69) is 31.2 Å². The minimum atomic E-state index is -0.829. The fraction of sp³-hybridized carbons (Fsp3) is 0.273. The highest BCUT2D eigenvalue weighted by Gasteiger charge is 2.18. The summed E-state index contributed by atoms with van der Waals surface area (Å²) >= 11 is 4.97. The van der Waals surface area contributed by atoms with Gasteiger partial charge in [-0.2, -0.15) is 11.3 Å². The zero-order valence-corrected chi connectivity index (χ0v) is 11.8. The molecule has 0 bridgehead atoms. The topological polar surface area (TPSA) is 78.0 Å². The summed E-state index contributed by atoms with van der Waals surface area (Å²) in [6.45, 7) is 0.507. The number of H-pyrrole nitrogens is 1. The standard InChI is InChI=1S/C11H12BrN3O2S/c12-8-6-18-5-7(8)9(3-11(16)17)15-4-10-13-1-2-14-10/h1-2,5-6,9,15H,3-4H2,(H,13,14)(H,16,17). The van der Waals surface area contributed by atoms with Gasteiger partial charge >= 0.3 is 5.97 Å². The normalized spacial score (nSPS) is 12.5. The Labute approximate surface area is 116 Å². The van der Waals surface area contributed by atoms with Crippen molar-refractivity contribution in [2.24, 2.45) is 0 Å². The fourth-order valence-electron chi connectivity index (χ4n) is 1.62. The van der Waals surface area contributed by atoms with Crippen LogP contribution in [-0.2, 0) is 11.3 Å². The summed E-state index contributed by atoms with van der Waals surface area (Å²) in [5.74, 6) is -0.0400. The molecule has 0 radical (unpaired) electrons. The highest BCUT2D eigenvalue weighted by Crippen LogP contribution is 2.29. The number of carboxylic acids is 1. The zero-order chi connectivity index (χ0) is 13.0. The molecule has 0 amide bonds. The van der Waals surface area contributed by atoms with Gasteiger partial charge in [-0.1, -0.05) is 0 Å². The van der Waals surface area contributed by atoms with E-state index >= 15 is 0 Å². The molecule has 0 saturated heterocycles. The molecular formula is C11H12BrN3O2S. The number of nitrogens with zero attached hydrogens (tertiary/aromatic N) is 1. The van der Waals surface area contributed by atoms with E-state index < -0.39 is 5.97 Å². The molecule has 1 unspecified atom stereocenters. The SMILES string of the molecule is O=C(O)CC(NCc1ncc[nH]1)c1cscc1Br. The number of imidazole rings is 1. The van der Waals surface area contributed by atoms with Crippen LogP contribution in [0, 0.1) is 0 Å². The summed E-state index contributed by atoms with van der Waals surface area (Å²) in [5.41, 5.74) is 0.967. The Morgan fingerprint density at radius 3 is 3.00 bits per heavy atom. The Kier molecular flexibility index (Phi) is 4.51. The summed E-state index contributed by atoms with van der Waals surface area (Å²) < 4.78 is 0.936. The van der Waals surface area contributed by atoms with Gasteiger partial charge in [0, 0.05) is 28.3 Å². The molecule has 2 heterocycles. The second kappa shape index (κ2) is 6.12. The van der Waals surface area contributed by atoms with Crippen LogP contribution in [0.4, 0.5) is 0 Å². The average Bonchev–Trinajstić information content (AvgIpc) is 2.95. The minimum absolute atomic E-state index is 0.0377. The maximum absolute atomic E-state index is 10.9. The summed E-state index contributed by atoms with van der Waals surface area (Å²) in [6.07, 6.45) is 3.45. The molecule has 0 aromatic carbocycles. The smallest absolute Gasteiger partial charge is 0.305 e. The van der Waals surface area contributed by atoms with Crippen molar-refractivity contribution in [3.05, 3.63) is 39.0 Å². The van der Waals surface area contributed by atoms with Crippen molar-refractivity contribution in [2.45, 2.75) is 19.0 Å². The molecule has 0 aliphatic heterocycles. The third-order valence-electron chi connectivity index (χ3n) is 2.47. The Hall–Kier alpha value is -1.18. The number of carboxylic acid groups (broad SMARTS) is 1. The van der Waals surface area contributed by atoms with Gasteiger partial charge in [0.2, 0.25) is 0 Å². The van der Waals surface area contributed by atoms with E-state index in [-0.39, 0.29) is 12.5 Å². The fourth-order valence-corrected chi connectivity index (χ4v) is 3.25. The Bertz CT molecular complexity index is 512. The van der Waals surface area contributed by atoms with Gasteiger partial charge in [-0.25, -0.2) is 4.98 Å². The lowest BCUT2D eigenvalue weighted by Crippen LogP contribution is -2.24. The number of aromatic nitrogens is 2. The molecular weight excluding hydrogens is 318 g/mol. The monoisotopic (exact) mass is 329 g/mol. The maximum Gasteiger partial charge on any atom is 0.305 e. The molecule has 5 nitrogen and oxygen atoms in total. The van der Waals surface area contributed by atoms with Crippen LogP contribution < -0.4 is 5.32 Å². The number of nitrogens with one attached hydrogen (secondary N) is 2. The van der Waals surface area contributed by atoms with E-state index in [1.165, 1.54) is 0 Å². The highest BCUT2D eigenvalue weighted by atomic mass is 79.9. The van der Waals surface area contributed by atoms with Crippen LogP contribution in [0.2, 0.25) is 0 Å². The van der Waals surface area contributed by atoms with Crippen molar-refractivity contribution in [2.75, 3.05) is 0 Å². The number of aliphatic carboxylic acids is 1. The first-order chi connectivity index (χ1) is 8.66. The molecule has 0 spiro atoms. The summed E-state index contributed by atoms with van der Waals surface area (Å²) in [5, 5.41) is 16.0. The highest BCUT2D eigenvalue weighted by molar-refractivity contribution is 9.10. The first-order valence-electron chi connectivity index (χ1n) is 5.32. The van der Waals surface area contributed by atoms with Crippen LogP contribution in [0.25, 0.3) is 0 Å². The van der Waals surface area contributed by atoms with Crippen LogP contribution in [-0.4, -0.2) is 21.0 Å².